The number of nitrogens with one attached hydrogen (secondary N) is 1. The summed E-state index contributed by atoms with van der Waals surface area (Å²) in [4.78, 5) is 36.6. The smallest absolute Gasteiger partial charge is 0.414 e. The second-order valence-corrected chi connectivity index (χ2v) is 8.25. The zero-order chi connectivity index (χ0) is 22.6. The molecule has 0 aliphatic carbocycles. The molecule has 0 aromatic heterocycles. The molecule has 0 saturated heterocycles. The Hall–Kier alpha value is -3.68. The summed E-state index contributed by atoms with van der Waals surface area (Å²) in [6, 6.07) is 11.4. The number of non-ortho nitro benzene ring substituents is 1. The van der Waals surface area contributed by atoms with E-state index >= 15 is 0 Å². The third kappa shape index (κ3) is 5.91. The Kier molecular flexibility index (Phi) is 6.39. The first-order valence-corrected chi connectivity index (χ1v) is 9.99. The van der Waals surface area contributed by atoms with E-state index in [4.69, 9.17) is 4.74 Å². The van der Waals surface area contributed by atoms with E-state index in [9.17, 15) is 19.7 Å². The van der Waals surface area contributed by atoms with Gasteiger partial charge in [-0.05, 0) is 81.1 Å². The van der Waals surface area contributed by atoms with E-state index in [2.05, 4.69) is 5.32 Å². The van der Waals surface area contributed by atoms with Crippen LogP contribution in [0.1, 0.15) is 38.3 Å². The number of nitro benzene ring substituents is 1. The number of nitro groups is 1. The van der Waals surface area contributed by atoms with Crippen molar-refractivity contribution in [2.24, 2.45) is 0 Å². The van der Waals surface area contributed by atoms with Crippen LogP contribution in [0.4, 0.5) is 21.9 Å². The molecule has 8 nitrogen and oxygen atoms in total. The first-order valence-electron chi connectivity index (χ1n) is 9.99. The van der Waals surface area contributed by atoms with Gasteiger partial charge in [0.1, 0.15) is 5.60 Å². The lowest BCUT2D eigenvalue weighted by Crippen LogP contribution is -2.39. The molecule has 1 aliphatic rings. The van der Waals surface area contributed by atoms with Gasteiger partial charge in [0.2, 0.25) is 5.91 Å². The van der Waals surface area contributed by atoms with Gasteiger partial charge < -0.3 is 10.1 Å². The van der Waals surface area contributed by atoms with Crippen molar-refractivity contribution in [3.05, 3.63) is 69.8 Å². The summed E-state index contributed by atoms with van der Waals surface area (Å²) in [5.41, 5.74) is 2.49. The predicted molar refractivity (Wildman–Crippen MR) is 119 cm³/mol. The third-order valence-corrected chi connectivity index (χ3v) is 4.61. The number of anilines is 2. The van der Waals surface area contributed by atoms with Gasteiger partial charge in [0.25, 0.3) is 5.69 Å². The van der Waals surface area contributed by atoms with Gasteiger partial charge >= 0.3 is 6.09 Å². The molecule has 0 bridgehead atoms. The third-order valence-electron chi connectivity index (χ3n) is 4.61. The van der Waals surface area contributed by atoms with Crippen LogP contribution in [0.25, 0.3) is 6.08 Å². The number of ether oxygens (including phenoxy) is 1. The molecular formula is C23H25N3O5. The van der Waals surface area contributed by atoms with E-state index in [-0.39, 0.29) is 17.7 Å². The maximum Gasteiger partial charge on any atom is 0.414 e. The van der Waals surface area contributed by atoms with E-state index in [0.29, 0.717) is 17.8 Å². The number of carbonyl (C=O) groups is 2. The van der Waals surface area contributed by atoms with Gasteiger partial charge in [-0.15, -0.1) is 0 Å². The standard InChI is InChI=1S/C23H25N3O5/c1-23(2,3)31-22(28)25-14-4-5-17-15-18(9-12-20(17)25)24-21(27)13-8-16-6-10-19(11-7-16)26(29)30/h6-13,15H,4-5,14H2,1-3H3,(H,24,27)/b13-8+. The Labute approximate surface area is 180 Å². The summed E-state index contributed by atoms with van der Waals surface area (Å²) >= 11 is 0. The van der Waals surface area contributed by atoms with Crippen molar-refractivity contribution in [1.29, 1.82) is 0 Å². The van der Waals surface area contributed by atoms with Gasteiger partial charge in [0.15, 0.2) is 0 Å². The van der Waals surface area contributed by atoms with Crippen LogP contribution in [0.5, 0.6) is 0 Å². The van der Waals surface area contributed by atoms with Crippen LogP contribution in [0.3, 0.4) is 0 Å². The zero-order valence-electron chi connectivity index (χ0n) is 17.8. The summed E-state index contributed by atoms with van der Waals surface area (Å²) in [6.07, 6.45) is 4.19. The van der Waals surface area contributed by atoms with E-state index < -0.39 is 10.5 Å². The maximum absolute atomic E-state index is 12.5. The second kappa shape index (κ2) is 8.99. The van der Waals surface area contributed by atoms with Crippen molar-refractivity contribution >= 4 is 35.1 Å². The normalized spacial score (nSPS) is 13.6. The topological polar surface area (TPSA) is 102 Å². The van der Waals surface area contributed by atoms with Gasteiger partial charge in [-0.25, -0.2) is 4.79 Å². The maximum atomic E-state index is 12.5. The van der Waals surface area contributed by atoms with Gasteiger partial charge in [0, 0.05) is 30.4 Å². The van der Waals surface area contributed by atoms with Crippen molar-refractivity contribution in [2.75, 3.05) is 16.8 Å². The van der Waals surface area contributed by atoms with E-state index in [1.165, 1.54) is 18.2 Å². The van der Waals surface area contributed by atoms with Crippen LogP contribution >= 0.6 is 0 Å². The van der Waals surface area contributed by atoms with E-state index in [1.807, 2.05) is 32.9 Å². The van der Waals surface area contributed by atoms with Crippen LogP contribution in [-0.4, -0.2) is 29.1 Å². The molecule has 1 heterocycles. The molecule has 0 radical (unpaired) electrons. The average molecular weight is 423 g/mol. The molecule has 2 amide bonds. The highest BCUT2D eigenvalue weighted by Crippen LogP contribution is 2.31. The summed E-state index contributed by atoms with van der Waals surface area (Å²) in [6.45, 7) is 6.08. The van der Waals surface area contributed by atoms with Crippen molar-refractivity contribution in [2.45, 2.75) is 39.2 Å². The number of nitrogens with zero attached hydrogens (tertiary/aromatic N) is 2. The molecule has 3 rings (SSSR count). The lowest BCUT2D eigenvalue weighted by Gasteiger charge is -2.32. The Balaban J connectivity index is 1.67. The van der Waals surface area contributed by atoms with Gasteiger partial charge in [-0.1, -0.05) is 0 Å². The van der Waals surface area contributed by atoms with Gasteiger partial charge in [-0.3, -0.25) is 19.8 Å². The van der Waals surface area contributed by atoms with E-state index in [1.54, 1.807) is 29.2 Å². The van der Waals surface area contributed by atoms with Crippen LogP contribution in [-0.2, 0) is 16.0 Å². The molecule has 2 aromatic rings. The fourth-order valence-electron chi connectivity index (χ4n) is 3.24. The minimum atomic E-state index is -0.571. The second-order valence-electron chi connectivity index (χ2n) is 8.25. The molecule has 0 saturated carbocycles. The molecule has 162 valence electrons. The Bertz CT molecular complexity index is 1020. The molecule has 0 unspecified atom stereocenters. The minimum absolute atomic E-state index is 0.00362. The summed E-state index contributed by atoms with van der Waals surface area (Å²) in [5.74, 6) is -0.321. The van der Waals surface area contributed by atoms with Crippen LogP contribution in [0.2, 0.25) is 0 Å². The number of rotatable bonds is 4. The highest BCUT2D eigenvalue weighted by atomic mass is 16.6. The van der Waals surface area contributed by atoms with Gasteiger partial charge in [0.05, 0.1) is 10.6 Å². The number of carbonyl (C=O) groups excluding carboxylic acids is 2. The molecule has 31 heavy (non-hydrogen) atoms. The summed E-state index contributed by atoms with van der Waals surface area (Å²) < 4.78 is 5.49. The Morgan fingerprint density at radius 3 is 2.52 bits per heavy atom. The predicted octanol–water partition coefficient (Wildman–Crippen LogP) is 4.93. The van der Waals surface area contributed by atoms with Crippen molar-refractivity contribution in [1.82, 2.24) is 0 Å². The lowest BCUT2D eigenvalue weighted by atomic mass is 10.0. The van der Waals surface area contributed by atoms with Crippen LogP contribution in [0, 0.1) is 10.1 Å². The van der Waals surface area contributed by atoms with Crippen molar-refractivity contribution in [3.63, 3.8) is 0 Å². The van der Waals surface area contributed by atoms with Crippen LogP contribution < -0.4 is 10.2 Å². The minimum Gasteiger partial charge on any atom is -0.443 e. The zero-order valence-corrected chi connectivity index (χ0v) is 17.8. The molecule has 2 aromatic carbocycles. The number of aryl methyl sites for hydroxylation is 1. The quantitative estimate of drug-likeness (QED) is 0.427. The lowest BCUT2D eigenvalue weighted by molar-refractivity contribution is -0.384. The van der Waals surface area contributed by atoms with Crippen molar-refractivity contribution < 1.29 is 19.2 Å². The molecule has 0 spiro atoms. The van der Waals surface area contributed by atoms with Gasteiger partial charge in [-0.2, -0.15) is 0 Å². The number of hydrogen-bond donors (Lipinski definition) is 1. The largest absolute Gasteiger partial charge is 0.443 e. The SMILES string of the molecule is CC(C)(C)OC(=O)N1CCCc2cc(NC(=O)/C=C/c3ccc([N+](=O)[O-])cc3)ccc21. The summed E-state index contributed by atoms with van der Waals surface area (Å²) in [7, 11) is 0. The molecule has 0 atom stereocenters. The van der Waals surface area contributed by atoms with E-state index in [0.717, 1.165) is 24.1 Å². The number of hydrogen-bond acceptors (Lipinski definition) is 5. The molecule has 1 N–H and O–H groups in total. The first kappa shape index (κ1) is 22.0. The molecule has 1 aliphatic heterocycles. The Morgan fingerprint density at radius 1 is 1.16 bits per heavy atom. The Morgan fingerprint density at radius 2 is 1.87 bits per heavy atom. The van der Waals surface area contributed by atoms with Crippen LogP contribution in [0.15, 0.2) is 48.5 Å². The fraction of sp³-hybridized carbons (Fsp3) is 0.304. The fourth-order valence-corrected chi connectivity index (χ4v) is 3.24. The van der Waals surface area contributed by atoms with Crippen molar-refractivity contribution in [3.8, 4) is 0 Å². The average Bonchev–Trinajstić information content (AvgIpc) is 2.70. The highest BCUT2D eigenvalue weighted by molar-refractivity contribution is 6.02. The number of amides is 2. The number of fused-ring (bicyclic) bond motifs is 1. The monoisotopic (exact) mass is 423 g/mol. The first-order chi connectivity index (χ1) is 14.6. The molecule has 0 fully saturated rings. The number of benzene rings is 2. The molecule has 8 heteroatoms. The molecular weight excluding hydrogens is 398 g/mol. The highest BCUT2D eigenvalue weighted by Gasteiger charge is 2.27. The summed E-state index contributed by atoms with van der Waals surface area (Å²) in [5, 5.41) is 13.5.